The Labute approximate surface area is 163 Å². The standard InChI is InChI=1S/C19H24N8O/c1-12-16(23-9-8-22-12)6-7-24-19-25-11-14(10-20)18(27-19)26-15-4-2-13(3-5-15)17(21)28/h8-9,11,13,15H,2-7H2,1H3,(H2,21,28)(H2,24,25,26,27). The van der Waals surface area contributed by atoms with Gasteiger partial charge in [-0.05, 0) is 32.6 Å². The number of carbonyl (C=O) groups is 1. The van der Waals surface area contributed by atoms with Crippen LogP contribution in [0.3, 0.4) is 0 Å². The minimum Gasteiger partial charge on any atom is -0.369 e. The topological polar surface area (TPSA) is 142 Å². The fourth-order valence-corrected chi connectivity index (χ4v) is 3.35. The molecular weight excluding hydrogens is 356 g/mol. The van der Waals surface area contributed by atoms with E-state index >= 15 is 0 Å². The van der Waals surface area contributed by atoms with Crippen molar-refractivity contribution < 1.29 is 4.79 Å². The zero-order chi connectivity index (χ0) is 19.9. The summed E-state index contributed by atoms with van der Waals surface area (Å²) >= 11 is 0. The Morgan fingerprint density at radius 3 is 2.68 bits per heavy atom. The normalized spacial score (nSPS) is 18.9. The number of aryl methyl sites for hydroxylation is 1. The molecule has 1 amide bonds. The Balaban J connectivity index is 1.60. The van der Waals surface area contributed by atoms with Gasteiger partial charge in [0.15, 0.2) is 0 Å². The molecule has 28 heavy (non-hydrogen) atoms. The second-order valence-electron chi connectivity index (χ2n) is 6.93. The van der Waals surface area contributed by atoms with Crippen molar-refractivity contribution in [3.8, 4) is 6.07 Å². The third-order valence-corrected chi connectivity index (χ3v) is 5.01. The number of rotatable bonds is 7. The van der Waals surface area contributed by atoms with Crippen molar-refractivity contribution in [2.24, 2.45) is 11.7 Å². The highest BCUT2D eigenvalue weighted by Crippen LogP contribution is 2.27. The summed E-state index contributed by atoms with van der Waals surface area (Å²) in [5.74, 6) is 0.677. The largest absolute Gasteiger partial charge is 0.369 e. The van der Waals surface area contributed by atoms with E-state index in [1.54, 1.807) is 12.4 Å². The summed E-state index contributed by atoms with van der Waals surface area (Å²) in [7, 11) is 0. The lowest BCUT2D eigenvalue weighted by atomic mass is 9.85. The molecule has 0 saturated heterocycles. The van der Waals surface area contributed by atoms with Gasteiger partial charge in [-0.3, -0.25) is 14.8 Å². The Kier molecular flexibility index (Phi) is 6.32. The van der Waals surface area contributed by atoms with Gasteiger partial charge in [0.25, 0.3) is 0 Å². The van der Waals surface area contributed by atoms with E-state index in [0.29, 0.717) is 30.3 Å². The van der Waals surface area contributed by atoms with E-state index in [1.165, 1.54) is 6.20 Å². The summed E-state index contributed by atoms with van der Waals surface area (Å²) in [4.78, 5) is 28.5. The molecule has 0 radical (unpaired) electrons. The molecule has 2 aromatic rings. The van der Waals surface area contributed by atoms with Crippen molar-refractivity contribution in [2.45, 2.75) is 45.1 Å². The molecule has 2 heterocycles. The van der Waals surface area contributed by atoms with Crippen LogP contribution in [0.1, 0.15) is 42.6 Å². The smallest absolute Gasteiger partial charge is 0.224 e. The summed E-state index contributed by atoms with van der Waals surface area (Å²) in [5.41, 5.74) is 7.61. The minimum atomic E-state index is -0.233. The molecule has 146 valence electrons. The van der Waals surface area contributed by atoms with Gasteiger partial charge in [0, 0.05) is 37.3 Å². The van der Waals surface area contributed by atoms with Gasteiger partial charge in [0.05, 0.1) is 17.6 Å². The average Bonchev–Trinajstić information content (AvgIpc) is 2.70. The van der Waals surface area contributed by atoms with Gasteiger partial charge >= 0.3 is 0 Å². The number of anilines is 2. The maximum atomic E-state index is 11.3. The molecule has 4 N–H and O–H groups in total. The molecule has 1 fully saturated rings. The number of nitrogens with one attached hydrogen (secondary N) is 2. The van der Waals surface area contributed by atoms with E-state index in [2.05, 4.69) is 36.6 Å². The molecule has 9 heteroatoms. The van der Waals surface area contributed by atoms with Crippen LogP contribution in [0.5, 0.6) is 0 Å². The van der Waals surface area contributed by atoms with Crippen molar-refractivity contribution in [1.82, 2.24) is 19.9 Å². The quantitative estimate of drug-likeness (QED) is 0.657. The monoisotopic (exact) mass is 380 g/mol. The van der Waals surface area contributed by atoms with Crippen molar-refractivity contribution in [1.29, 1.82) is 5.26 Å². The maximum Gasteiger partial charge on any atom is 0.224 e. The molecule has 0 spiro atoms. The highest BCUT2D eigenvalue weighted by atomic mass is 16.1. The molecule has 3 rings (SSSR count). The SMILES string of the molecule is Cc1nccnc1CCNc1ncc(C#N)c(NC2CCC(C(N)=O)CC2)n1. The third-order valence-electron chi connectivity index (χ3n) is 5.01. The number of hydrogen-bond acceptors (Lipinski definition) is 8. The predicted molar refractivity (Wildman–Crippen MR) is 104 cm³/mol. The highest BCUT2D eigenvalue weighted by molar-refractivity contribution is 5.76. The number of carbonyl (C=O) groups excluding carboxylic acids is 1. The molecule has 0 aliphatic heterocycles. The van der Waals surface area contributed by atoms with E-state index in [4.69, 9.17) is 5.73 Å². The van der Waals surface area contributed by atoms with Crippen LogP contribution in [-0.2, 0) is 11.2 Å². The van der Waals surface area contributed by atoms with Gasteiger partial charge in [-0.25, -0.2) is 4.98 Å². The number of nitrogens with two attached hydrogens (primary N) is 1. The predicted octanol–water partition coefficient (Wildman–Crippen LogP) is 1.56. The Morgan fingerprint density at radius 1 is 1.25 bits per heavy atom. The van der Waals surface area contributed by atoms with Crippen LogP contribution in [0.4, 0.5) is 11.8 Å². The van der Waals surface area contributed by atoms with Crippen molar-refractivity contribution in [3.05, 3.63) is 35.5 Å². The van der Waals surface area contributed by atoms with Crippen LogP contribution in [0.25, 0.3) is 0 Å². The van der Waals surface area contributed by atoms with E-state index < -0.39 is 0 Å². The number of aromatic nitrogens is 4. The molecule has 0 aromatic carbocycles. The number of nitriles is 1. The van der Waals surface area contributed by atoms with Gasteiger partial charge in [-0.2, -0.15) is 10.2 Å². The zero-order valence-corrected chi connectivity index (χ0v) is 15.9. The van der Waals surface area contributed by atoms with E-state index in [0.717, 1.165) is 37.1 Å². The summed E-state index contributed by atoms with van der Waals surface area (Å²) in [6, 6.07) is 2.28. The maximum absolute atomic E-state index is 11.3. The van der Waals surface area contributed by atoms with Crippen molar-refractivity contribution >= 4 is 17.7 Å². The fourth-order valence-electron chi connectivity index (χ4n) is 3.35. The molecule has 0 bridgehead atoms. The summed E-state index contributed by atoms with van der Waals surface area (Å²) in [5, 5.41) is 15.8. The highest BCUT2D eigenvalue weighted by Gasteiger charge is 2.25. The average molecular weight is 380 g/mol. The van der Waals surface area contributed by atoms with Gasteiger partial charge in [-0.1, -0.05) is 0 Å². The first-order valence-corrected chi connectivity index (χ1v) is 9.40. The van der Waals surface area contributed by atoms with Crippen molar-refractivity contribution in [3.63, 3.8) is 0 Å². The Bertz CT molecular complexity index is 870. The molecule has 1 aliphatic rings. The number of primary amides is 1. The molecule has 0 atom stereocenters. The van der Waals surface area contributed by atoms with Gasteiger partial charge < -0.3 is 16.4 Å². The molecule has 2 aromatic heterocycles. The van der Waals surface area contributed by atoms with Crippen LogP contribution >= 0.6 is 0 Å². The van der Waals surface area contributed by atoms with Crippen LogP contribution in [0.15, 0.2) is 18.6 Å². The summed E-state index contributed by atoms with van der Waals surface area (Å²) < 4.78 is 0. The molecule has 9 nitrogen and oxygen atoms in total. The molecule has 0 unspecified atom stereocenters. The second kappa shape index (κ2) is 9.08. The first-order chi connectivity index (χ1) is 13.6. The third kappa shape index (κ3) is 4.91. The number of hydrogen-bond donors (Lipinski definition) is 3. The van der Waals surface area contributed by atoms with E-state index in [-0.39, 0.29) is 17.9 Å². The molecule has 1 aliphatic carbocycles. The first kappa shape index (κ1) is 19.5. The van der Waals surface area contributed by atoms with Crippen LogP contribution in [-0.4, -0.2) is 38.4 Å². The van der Waals surface area contributed by atoms with Crippen LogP contribution in [0, 0.1) is 24.2 Å². The van der Waals surface area contributed by atoms with E-state index in [1.807, 2.05) is 6.92 Å². The number of amides is 1. The zero-order valence-electron chi connectivity index (χ0n) is 15.9. The molecular formula is C19H24N8O. The Hall–Kier alpha value is -3.28. The van der Waals surface area contributed by atoms with E-state index in [9.17, 15) is 10.1 Å². The summed E-state index contributed by atoms with van der Waals surface area (Å²) in [6.45, 7) is 2.53. The number of nitrogens with zero attached hydrogens (tertiary/aromatic N) is 5. The molecule has 1 saturated carbocycles. The van der Waals surface area contributed by atoms with Gasteiger partial charge in [0.1, 0.15) is 17.5 Å². The van der Waals surface area contributed by atoms with Crippen molar-refractivity contribution in [2.75, 3.05) is 17.2 Å². The minimum absolute atomic E-state index is 0.0549. The lowest BCUT2D eigenvalue weighted by Gasteiger charge is -2.28. The first-order valence-electron chi connectivity index (χ1n) is 9.40. The second-order valence-corrected chi connectivity index (χ2v) is 6.93. The lowest BCUT2D eigenvalue weighted by molar-refractivity contribution is -0.122. The van der Waals surface area contributed by atoms with Crippen LogP contribution in [0.2, 0.25) is 0 Å². The fraction of sp³-hybridized carbons (Fsp3) is 0.474. The van der Waals surface area contributed by atoms with Gasteiger partial charge in [-0.15, -0.1) is 0 Å². The summed E-state index contributed by atoms with van der Waals surface area (Å²) in [6.07, 6.45) is 8.70. The van der Waals surface area contributed by atoms with Crippen LogP contribution < -0.4 is 16.4 Å². The lowest BCUT2D eigenvalue weighted by Crippen LogP contribution is -2.32. The Morgan fingerprint density at radius 2 is 2.00 bits per heavy atom. The van der Waals surface area contributed by atoms with Gasteiger partial charge in [0.2, 0.25) is 11.9 Å².